The van der Waals surface area contributed by atoms with Crippen LogP contribution in [0, 0.1) is 6.92 Å². The molecule has 0 saturated carbocycles. The highest BCUT2D eigenvalue weighted by atomic mass is 16.1. The minimum atomic E-state index is 0.354. The molecule has 0 N–H and O–H groups in total. The van der Waals surface area contributed by atoms with Crippen LogP contribution in [0.1, 0.15) is 18.7 Å². The molecule has 2 rings (SSSR count). The quantitative estimate of drug-likeness (QED) is 0.663. The van der Waals surface area contributed by atoms with Crippen molar-refractivity contribution in [2.75, 3.05) is 18.0 Å². The summed E-state index contributed by atoms with van der Waals surface area (Å²) < 4.78 is 0. The molecule has 0 unspecified atom stereocenters. The number of carbonyl (C=O) groups is 1. The molecule has 1 saturated heterocycles. The molecular weight excluding hydrogens is 178 g/mol. The normalized spacial score (nSPS) is 17.2. The highest BCUT2D eigenvalue weighted by Gasteiger charge is 2.17. The number of anilines is 1. The van der Waals surface area contributed by atoms with E-state index in [-0.39, 0.29) is 0 Å². The smallest absolute Gasteiger partial charge is 0.136 e. The molecule has 4 nitrogen and oxygen atoms in total. The second-order valence-electron chi connectivity index (χ2n) is 3.49. The molecule has 1 aliphatic rings. The van der Waals surface area contributed by atoms with E-state index in [0.717, 1.165) is 24.7 Å². The van der Waals surface area contributed by atoms with Crippen molar-refractivity contribution in [2.45, 2.75) is 19.8 Å². The van der Waals surface area contributed by atoms with Crippen LogP contribution in [0.25, 0.3) is 0 Å². The van der Waals surface area contributed by atoms with Crippen molar-refractivity contribution in [2.24, 2.45) is 0 Å². The van der Waals surface area contributed by atoms with E-state index in [4.69, 9.17) is 0 Å². The van der Waals surface area contributed by atoms with Crippen LogP contribution in [0.2, 0.25) is 0 Å². The largest absolute Gasteiger partial charge is 0.356 e. The van der Waals surface area contributed by atoms with Gasteiger partial charge in [-0.1, -0.05) is 0 Å². The topological polar surface area (TPSA) is 46.1 Å². The summed E-state index contributed by atoms with van der Waals surface area (Å²) >= 11 is 0. The third-order valence-electron chi connectivity index (χ3n) is 2.41. The Morgan fingerprint density at radius 1 is 1.36 bits per heavy atom. The number of aryl methyl sites for hydroxylation is 1. The Hall–Kier alpha value is -1.45. The van der Waals surface area contributed by atoms with Crippen molar-refractivity contribution in [3.8, 4) is 0 Å². The van der Waals surface area contributed by atoms with Gasteiger partial charge in [-0.25, -0.2) is 9.97 Å². The first-order valence-corrected chi connectivity index (χ1v) is 4.82. The third-order valence-corrected chi connectivity index (χ3v) is 2.41. The van der Waals surface area contributed by atoms with Gasteiger partial charge in [-0.15, -0.1) is 0 Å². The molecule has 0 spiro atoms. The maximum absolute atomic E-state index is 11.0. The van der Waals surface area contributed by atoms with E-state index in [1.807, 2.05) is 13.0 Å². The van der Waals surface area contributed by atoms with Gasteiger partial charge in [-0.2, -0.15) is 0 Å². The molecule has 74 valence electrons. The minimum absolute atomic E-state index is 0.354. The Labute approximate surface area is 83.0 Å². The first kappa shape index (κ1) is 9.12. The Kier molecular flexibility index (Phi) is 2.43. The molecule has 0 amide bonds. The van der Waals surface area contributed by atoms with Crippen molar-refractivity contribution < 1.29 is 4.79 Å². The second kappa shape index (κ2) is 3.74. The lowest BCUT2D eigenvalue weighted by Crippen LogP contribution is -2.34. The molecule has 0 atom stereocenters. The lowest BCUT2D eigenvalue weighted by molar-refractivity contribution is -0.119. The first-order chi connectivity index (χ1) is 6.75. The summed E-state index contributed by atoms with van der Waals surface area (Å²) in [7, 11) is 0. The van der Waals surface area contributed by atoms with E-state index >= 15 is 0 Å². The van der Waals surface area contributed by atoms with Crippen molar-refractivity contribution in [3.05, 3.63) is 18.1 Å². The third kappa shape index (κ3) is 1.89. The number of ketones is 1. The van der Waals surface area contributed by atoms with E-state index in [2.05, 4.69) is 14.9 Å². The fourth-order valence-electron chi connectivity index (χ4n) is 1.61. The maximum Gasteiger partial charge on any atom is 0.136 e. The molecule has 0 radical (unpaired) electrons. The molecule has 0 bridgehead atoms. The highest BCUT2D eigenvalue weighted by molar-refractivity contribution is 5.80. The summed E-state index contributed by atoms with van der Waals surface area (Å²) in [5.41, 5.74) is 0. The summed E-state index contributed by atoms with van der Waals surface area (Å²) in [6.45, 7) is 3.45. The average molecular weight is 191 g/mol. The average Bonchev–Trinajstić information content (AvgIpc) is 2.19. The van der Waals surface area contributed by atoms with Crippen molar-refractivity contribution in [1.29, 1.82) is 0 Å². The standard InChI is InChI=1S/C10H13N3O/c1-8-11-5-2-10(12-8)13-6-3-9(14)4-7-13/h2,5H,3-4,6-7H2,1H3. The number of rotatable bonds is 1. The van der Waals surface area contributed by atoms with Gasteiger partial charge in [0.1, 0.15) is 17.4 Å². The van der Waals surface area contributed by atoms with Crippen LogP contribution < -0.4 is 4.90 Å². The van der Waals surface area contributed by atoms with E-state index in [1.54, 1.807) is 6.20 Å². The lowest BCUT2D eigenvalue weighted by Gasteiger charge is -2.26. The number of hydrogen-bond donors (Lipinski definition) is 0. The molecule has 1 aliphatic heterocycles. The van der Waals surface area contributed by atoms with Gasteiger partial charge in [0.25, 0.3) is 0 Å². The molecular formula is C10H13N3O. The van der Waals surface area contributed by atoms with Crippen LogP contribution >= 0.6 is 0 Å². The number of hydrogen-bond acceptors (Lipinski definition) is 4. The first-order valence-electron chi connectivity index (χ1n) is 4.82. The number of Topliss-reactive ketones (excluding diaryl/α,β-unsaturated/α-hetero) is 1. The second-order valence-corrected chi connectivity index (χ2v) is 3.49. The minimum Gasteiger partial charge on any atom is -0.356 e. The van der Waals surface area contributed by atoms with E-state index < -0.39 is 0 Å². The molecule has 0 aliphatic carbocycles. The number of aromatic nitrogens is 2. The molecule has 2 heterocycles. The summed E-state index contributed by atoms with van der Waals surface area (Å²) in [5, 5.41) is 0. The van der Waals surface area contributed by atoms with Crippen LogP contribution in [0.4, 0.5) is 5.82 Å². The summed E-state index contributed by atoms with van der Waals surface area (Å²) in [6, 6.07) is 1.89. The summed E-state index contributed by atoms with van der Waals surface area (Å²) in [5.74, 6) is 2.07. The zero-order chi connectivity index (χ0) is 9.97. The van der Waals surface area contributed by atoms with Crippen LogP contribution in [-0.2, 0) is 4.79 Å². The number of carbonyl (C=O) groups excluding carboxylic acids is 1. The van der Waals surface area contributed by atoms with Gasteiger partial charge in [0.05, 0.1) is 0 Å². The molecule has 0 aromatic carbocycles. The Balaban J connectivity index is 2.12. The Morgan fingerprint density at radius 2 is 2.07 bits per heavy atom. The van der Waals surface area contributed by atoms with Gasteiger partial charge in [-0.3, -0.25) is 4.79 Å². The molecule has 1 fully saturated rings. The SMILES string of the molecule is Cc1nccc(N2CCC(=O)CC2)n1. The predicted molar refractivity (Wildman–Crippen MR) is 53.2 cm³/mol. The Morgan fingerprint density at radius 3 is 2.71 bits per heavy atom. The summed E-state index contributed by atoms with van der Waals surface area (Å²) in [6.07, 6.45) is 3.04. The molecule has 14 heavy (non-hydrogen) atoms. The van der Waals surface area contributed by atoms with Crippen molar-refractivity contribution >= 4 is 11.6 Å². The Bertz CT molecular complexity index is 341. The fraction of sp³-hybridized carbons (Fsp3) is 0.500. The van der Waals surface area contributed by atoms with Crippen LogP contribution in [0.5, 0.6) is 0 Å². The van der Waals surface area contributed by atoms with E-state index in [9.17, 15) is 4.79 Å². The summed E-state index contributed by atoms with van der Waals surface area (Å²) in [4.78, 5) is 21.6. The maximum atomic E-state index is 11.0. The van der Waals surface area contributed by atoms with Gasteiger partial charge < -0.3 is 4.90 Å². The fourth-order valence-corrected chi connectivity index (χ4v) is 1.61. The highest BCUT2D eigenvalue weighted by Crippen LogP contribution is 2.14. The molecule has 4 heteroatoms. The van der Waals surface area contributed by atoms with E-state index in [1.165, 1.54) is 0 Å². The molecule has 1 aromatic heterocycles. The van der Waals surface area contributed by atoms with Gasteiger partial charge in [0.2, 0.25) is 0 Å². The zero-order valence-electron chi connectivity index (χ0n) is 8.23. The number of piperidine rings is 1. The van der Waals surface area contributed by atoms with Gasteiger partial charge in [0, 0.05) is 32.1 Å². The van der Waals surface area contributed by atoms with Crippen molar-refractivity contribution in [3.63, 3.8) is 0 Å². The van der Waals surface area contributed by atoms with Crippen LogP contribution in [0.3, 0.4) is 0 Å². The van der Waals surface area contributed by atoms with Crippen LogP contribution in [-0.4, -0.2) is 28.8 Å². The monoisotopic (exact) mass is 191 g/mol. The van der Waals surface area contributed by atoms with Gasteiger partial charge in [-0.05, 0) is 13.0 Å². The van der Waals surface area contributed by atoms with Gasteiger partial charge >= 0.3 is 0 Å². The lowest BCUT2D eigenvalue weighted by atomic mass is 10.1. The predicted octanol–water partition coefficient (Wildman–Crippen LogP) is 0.954. The van der Waals surface area contributed by atoms with Crippen LogP contribution in [0.15, 0.2) is 12.3 Å². The van der Waals surface area contributed by atoms with E-state index in [0.29, 0.717) is 18.6 Å². The van der Waals surface area contributed by atoms with Crippen molar-refractivity contribution in [1.82, 2.24) is 9.97 Å². The van der Waals surface area contributed by atoms with Gasteiger partial charge in [0.15, 0.2) is 0 Å². The zero-order valence-corrected chi connectivity index (χ0v) is 8.23. The number of nitrogens with zero attached hydrogens (tertiary/aromatic N) is 3. The molecule has 1 aromatic rings.